The van der Waals surface area contributed by atoms with E-state index in [2.05, 4.69) is 0 Å². The van der Waals surface area contributed by atoms with E-state index in [0.29, 0.717) is 11.3 Å². The minimum absolute atomic E-state index is 0.0823. The van der Waals surface area contributed by atoms with Crippen molar-refractivity contribution in [3.8, 4) is 5.75 Å². The van der Waals surface area contributed by atoms with Crippen molar-refractivity contribution in [1.29, 1.82) is 0 Å². The molecule has 20 heavy (non-hydrogen) atoms. The molecule has 0 aromatic heterocycles. The van der Waals surface area contributed by atoms with Gasteiger partial charge in [-0.1, -0.05) is 0 Å². The number of ether oxygens (including phenoxy) is 1. The van der Waals surface area contributed by atoms with Crippen molar-refractivity contribution in [3.05, 3.63) is 65.0 Å². The first-order chi connectivity index (χ1) is 9.54. The van der Waals surface area contributed by atoms with E-state index in [9.17, 15) is 18.3 Å². The fourth-order valence-electron chi connectivity index (χ4n) is 2.37. The highest BCUT2D eigenvalue weighted by molar-refractivity contribution is 5.39. The van der Waals surface area contributed by atoms with Crippen molar-refractivity contribution in [2.45, 2.75) is 18.6 Å². The Morgan fingerprint density at radius 2 is 1.65 bits per heavy atom. The highest BCUT2D eigenvalue weighted by atomic mass is 19.1. The molecule has 2 nitrogen and oxygen atoms in total. The Kier molecular flexibility index (Phi) is 3.14. The van der Waals surface area contributed by atoms with Gasteiger partial charge in [-0.2, -0.15) is 0 Å². The Labute approximate surface area is 113 Å². The Balaban J connectivity index is 1.97. The van der Waals surface area contributed by atoms with Gasteiger partial charge >= 0.3 is 0 Å². The van der Waals surface area contributed by atoms with Gasteiger partial charge in [0.2, 0.25) is 0 Å². The SMILES string of the molecule is OC1CC(c2ccc(F)cc2F)Oc2ccc(F)cc21. The predicted octanol–water partition coefficient (Wildman–Crippen LogP) is 3.66. The first-order valence-corrected chi connectivity index (χ1v) is 6.13. The van der Waals surface area contributed by atoms with E-state index in [1.54, 1.807) is 0 Å². The summed E-state index contributed by atoms with van der Waals surface area (Å²) in [4.78, 5) is 0. The van der Waals surface area contributed by atoms with E-state index in [1.165, 1.54) is 24.3 Å². The molecular weight excluding hydrogens is 269 g/mol. The molecule has 1 aliphatic heterocycles. The maximum atomic E-state index is 13.7. The Morgan fingerprint density at radius 1 is 0.950 bits per heavy atom. The van der Waals surface area contributed by atoms with Crippen LogP contribution in [-0.4, -0.2) is 5.11 Å². The lowest BCUT2D eigenvalue weighted by molar-refractivity contribution is 0.0636. The van der Waals surface area contributed by atoms with Crippen LogP contribution in [0.25, 0.3) is 0 Å². The largest absolute Gasteiger partial charge is 0.485 e. The molecular formula is C15H11F3O2. The number of rotatable bonds is 1. The monoisotopic (exact) mass is 280 g/mol. The fourth-order valence-corrected chi connectivity index (χ4v) is 2.37. The molecule has 2 aromatic rings. The molecule has 0 aliphatic carbocycles. The van der Waals surface area contributed by atoms with Gasteiger partial charge < -0.3 is 9.84 Å². The van der Waals surface area contributed by atoms with Gasteiger partial charge in [-0.3, -0.25) is 0 Å². The second kappa shape index (κ2) is 4.83. The Morgan fingerprint density at radius 3 is 2.40 bits per heavy atom. The van der Waals surface area contributed by atoms with Gasteiger partial charge in [-0.15, -0.1) is 0 Å². The van der Waals surface area contributed by atoms with E-state index >= 15 is 0 Å². The van der Waals surface area contributed by atoms with Crippen LogP contribution in [-0.2, 0) is 0 Å². The topological polar surface area (TPSA) is 29.5 Å². The molecule has 1 aliphatic rings. The summed E-state index contributed by atoms with van der Waals surface area (Å²) in [7, 11) is 0. The number of fused-ring (bicyclic) bond motifs is 1. The van der Waals surface area contributed by atoms with Crippen LogP contribution in [0.15, 0.2) is 36.4 Å². The molecule has 1 heterocycles. The lowest BCUT2D eigenvalue weighted by Gasteiger charge is -2.30. The van der Waals surface area contributed by atoms with Gasteiger partial charge in [0.15, 0.2) is 0 Å². The van der Waals surface area contributed by atoms with Crippen molar-refractivity contribution < 1.29 is 23.0 Å². The second-order valence-electron chi connectivity index (χ2n) is 4.71. The average molecular weight is 280 g/mol. The molecule has 2 aromatic carbocycles. The van der Waals surface area contributed by atoms with Gasteiger partial charge in [-0.05, 0) is 30.3 Å². The summed E-state index contributed by atoms with van der Waals surface area (Å²) in [6, 6.07) is 6.98. The number of hydrogen-bond acceptors (Lipinski definition) is 2. The number of aliphatic hydroxyl groups is 1. The number of halogens is 3. The first kappa shape index (κ1) is 13.0. The predicted molar refractivity (Wildman–Crippen MR) is 65.7 cm³/mol. The lowest BCUT2D eigenvalue weighted by atomic mass is 9.94. The molecule has 104 valence electrons. The van der Waals surface area contributed by atoms with Gasteiger partial charge in [0.25, 0.3) is 0 Å². The Bertz CT molecular complexity index is 658. The average Bonchev–Trinajstić information content (AvgIpc) is 2.39. The second-order valence-corrected chi connectivity index (χ2v) is 4.71. The zero-order valence-electron chi connectivity index (χ0n) is 10.3. The van der Waals surface area contributed by atoms with Gasteiger partial charge in [-0.25, -0.2) is 13.2 Å². The van der Waals surface area contributed by atoms with Crippen molar-refractivity contribution in [3.63, 3.8) is 0 Å². The molecule has 0 radical (unpaired) electrons. The van der Waals surface area contributed by atoms with Crippen molar-refractivity contribution >= 4 is 0 Å². The molecule has 0 amide bonds. The van der Waals surface area contributed by atoms with Gasteiger partial charge in [0.1, 0.15) is 29.3 Å². The summed E-state index contributed by atoms with van der Waals surface area (Å²) in [6.07, 6.45) is -1.61. The summed E-state index contributed by atoms with van der Waals surface area (Å²) in [6.45, 7) is 0. The van der Waals surface area contributed by atoms with Crippen molar-refractivity contribution in [1.82, 2.24) is 0 Å². The van der Waals surface area contributed by atoms with Crippen molar-refractivity contribution in [2.75, 3.05) is 0 Å². The fraction of sp³-hybridized carbons (Fsp3) is 0.200. The molecule has 3 rings (SSSR count). The molecule has 0 spiro atoms. The lowest BCUT2D eigenvalue weighted by Crippen LogP contribution is -2.20. The van der Waals surface area contributed by atoms with E-state index in [-0.39, 0.29) is 12.0 Å². The van der Waals surface area contributed by atoms with E-state index in [4.69, 9.17) is 4.74 Å². The standard InChI is InChI=1S/C15H11F3O2/c16-8-2-4-14-11(5-8)13(19)7-15(20-14)10-3-1-9(17)6-12(10)18/h1-6,13,15,19H,7H2. The molecule has 5 heteroatoms. The van der Waals surface area contributed by atoms with Crippen molar-refractivity contribution in [2.24, 2.45) is 0 Å². The van der Waals surface area contributed by atoms with Crippen LogP contribution in [0.5, 0.6) is 5.75 Å². The summed E-state index contributed by atoms with van der Waals surface area (Å²) >= 11 is 0. The minimum Gasteiger partial charge on any atom is -0.485 e. The third-order valence-electron chi connectivity index (χ3n) is 3.35. The zero-order valence-corrected chi connectivity index (χ0v) is 10.3. The number of hydrogen-bond donors (Lipinski definition) is 1. The highest BCUT2D eigenvalue weighted by Gasteiger charge is 2.30. The first-order valence-electron chi connectivity index (χ1n) is 6.13. The summed E-state index contributed by atoms with van der Waals surface area (Å²) < 4.78 is 45.3. The maximum Gasteiger partial charge on any atom is 0.133 e. The van der Waals surface area contributed by atoms with Crippen LogP contribution in [0.1, 0.15) is 29.8 Å². The molecule has 0 saturated carbocycles. The van der Waals surface area contributed by atoms with Crippen LogP contribution in [0.3, 0.4) is 0 Å². The molecule has 0 bridgehead atoms. The smallest absolute Gasteiger partial charge is 0.133 e. The maximum absolute atomic E-state index is 13.7. The quantitative estimate of drug-likeness (QED) is 0.863. The van der Waals surface area contributed by atoms with E-state index in [1.807, 2.05) is 0 Å². The minimum atomic E-state index is -0.955. The van der Waals surface area contributed by atoms with Gasteiger partial charge in [0.05, 0.1) is 6.10 Å². The molecule has 2 unspecified atom stereocenters. The van der Waals surface area contributed by atoms with Crippen LogP contribution in [0, 0.1) is 17.5 Å². The Hall–Kier alpha value is -2.01. The number of benzene rings is 2. The molecule has 1 N–H and O–H groups in total. The summed E-state index contributed by atoms with van der Waals surface area (Å²) in [5.74, 6) is -1.57. The van der Waals surface area contributed by atoms with Crippen LogP contribution in [0.4, 0.5) is 13.2 Å². The third kappa shape index (κ3) is 2.25. The van der Waals surface area contributed by atoms with E-state index in [0.717, 1.165) is 12.1 Å². The molecule has 0 saturated heterocycles. The number of aliphatic hydroxyl groups excluding tert-OH is 1. The van der Waals surface area contributed by atoms with Crippen LogP contribution >= 0.6 is 0 Å². The molecule has 2 atom stereocenters. The van der Waals surface area contributed by atoms with Gasteiger partial charge in [0, 0.05) is 23.6 Å². The zero-order chi connectivity index (χ0) is 14.3. The summed E-state index contributed by atoms with van der Waals surface area (Å²) in [5, 5.41) is 10.0. The van der Waals surface area contributed by atoms with E-state index < -0.39 is 29.7 Å². The third-order valence-corrected chi connectivity index (χ3v) is 3.35. The normalized spacial score (nSPS) is 21.2. The van der Waals surface area contributed by atoms with Crippen LogP contribution in [0.2, 0.25) is 0 Å². The highest BCUT2D eigenvalue weighted by Crippen LogP contribution is 2.41. The van der Waals surface area contributed by atoms with Crippen LogP contribution < -0.4 is 4.74 Å². The molecule has 0 fully saturated rings. The summed E-state index contributed by atoms with van der Waals surface area (Å²) in [5.41, 5.74) is 0.504.